The van der Waals surface area contributed by atoms with Gasteiger partial charge in [0.2, 0.25) is 41.4 Å². The van der Waals surface area contributed by atoms with Crippen molar-refractivity contribution < 1.29 is 38.7 Å². The molecule has 8 atom stereocenters. The lowest BCUT2D eigenvalue weighted by atomic mass is 9.96. The molecule has 6 rings (SSSR count). The summed E-state index contributed by atoms with van der Waals surface area (Å²) in [6.07, 6.45) is 3.63. The Morgan fingerprint density at radius 1 is 0.567 bits per heavy atom. The van der Waals surface area contributed by atoms with E-state index in [2.05, 4.69) is 21.3 Å². The number of rotatable bonds is 8. The highest BCUT2D eigenvalue weighted by Crippen LogP contribution is 2.26. The minimum atomic E-state index is -1.12. The van der Waals surface area contributed by atoms with Crippen LogP contribution < -0.4 is 21.3 Å². The van der Waals surface area contributed by atoms with Crippen molar-refractivity contribution in [3.8, 4) is 5.75 Å². The van der Waals surface area contributed by atoms with E-state index in [1.54, 1.807) is 12.1 Å². The van der Waals surface area contributed by atoms with Crippen molar-refractivity contribution in [2.24, 2.45) is 11.8 Å². The average molecular weight is 828 g/mol. The third kappa shape index (κ3) is 10.3. The largest absolute Gasteiger partial charge is 0.508 e. The summed E-state index contributed by atoms with van der Waals surface area (Å²) in [6.45, 7) is 8.43. The number of fused-ring (bicyclic) bond motifs is 3. The predicted molar refractivity (Wildman–Crippen MR) is 223 cm³/mol. The highest BCUT2D eigenvalue weighted by molar-refractivity contribution is 5.99. The van der Waals surface area contributed by atoms with Crippen LogP contribution in [0.1, 0.15) is 90.2 Å². The molecule has 2 aromatic rings. The molecule has 4 aliphatic heterocycles. The van der Waals surface area contributed by atoms with Gasteiger partial charge in [0.05, 0.1) is 0 Å². The molecule has 6 unspecified atom stereocenters. The Labute approximate surface area is 352 Å². The first-order valence-electron chi connectivity index (χ1n) is 21.7. The van der Waals surface area contributed by atoms with Crippen LogP contribution in [0.5, 0.6) is 5.75 Å². The first-order chi connectivity index (χ1) is 28.7. The highest BCUT2D eigenvalue weighted by Gasteiger charge is 2.45. The maximum atomic E-state index is 14.6. The third-order valence-corrected chi connectivity index (χ3v) is 12.5. The maximum Gasteiger partial charge on any atom is 0.246 e. The standard InChI is InChI=1S/C45H61N7O8/c1-5-28(4)38-45(60)52-23-11-16-37(52)42(57)48-34(26-30-17-19-31(53)20-18-30)44(59)51-22-10-15-36(51)41(56)47-33(24-27(2)3)43(58)50-21-9-14-35(50)40(55)46-32(39(54)49-38)25-29-12-7-6-8-13-29/h6-8,12-13,17-20,27-28,32-38,53H,5,9-11,14-16,21-26H2,1-4H3,(H,46,55)(H,47,56)(H,48,57)(H,49,54)/t28-,32-,33?,34?,35?,36?,37?,38?/m0/s1. The third-order valence-electron chi connectivity index (χ3n) is 12.5. The number of aromatic hydroxyl groups is 1. The van der Waals surface area contributed by atoms with Gasteiger partial charge >= 0.3 is 0 Å². The fourth-order valence-electron chi connectivity index (χ4n) is 9.05. The van der Waals surface area contributed by atoms with Crippen LogP contribution in [0, 0.1) is 11.8 Å². The molecule has 324 valence electrons. The number of nitrogens with zero attached hydrogens (tertiary/aromatic N) is 3. The van der Waals surface area contributed by atoms with Gasteiger partial charge in [-0.25, -0.2) is 0 Å². The second-order valence-corrected chi connectivity index (χ2v) is 17.3. The number of carbonyl (C=O) groups is 7. The Morgan fingerprint density at radius 2 is 1.02 bits per heavy atom. The summed E-state index contributed by atoms with van der Waals surface area (Å²) in [7, 11) is 0. The number of phenols is 1. The Balaban J connectivity index is 1.39. The molecular formula is C45H61N7O8. The maximum absolute atomic E-state index is 14.6. The van der Waals surface area contributed by atoms with Gasteiger partial charge in [-0.1, -0.05) is 76.6 Å². The number of carbonyl (C=O) groups excluding carboxylic acids is 7. The Bertz CT molecular complexity index is 1890. The van der Waals surface area contributed by atoms with E-state index in [9.17, 15) is 38.7 Å². The normalized spacial score (nSPS) is 28.0. The van der Waals surface area contributed by atoms with Crippen molar-refractivity contribution >= 4 is 41.4 Å². The number of phenolic OH excluding ortho intramolecular Hbond substituents is 1. The van der Waals surface area contributed by atoms with E-state index in [1.807, 2.05) is 58.0 Å². The molecule has 5 N–H and O–H groups in total. The van der Waals surface area contributed by atoms with E-state index in [-0.39, 0.29) is 56.5 Å². The van der Waals surface area contributed by atoms with Crippen molar-refractivity contribution in [1.29, 1.82) is 0 Å². The molecule has 4 aliphatic rings. The summed E-state index contributed by atoms with van der Waals surface area (Å²) in [5.41, 5.74) is 1.44. The van der Waals surface area contributed by atoms with Crippen LogP contribution in [0.4, 0.5) is 0 Å². The monoisotopic (exact) mass is 827 g/mol. The fourth-order valence-corrected chi connectivity index (χ4v) is 9.05. The van der Waals surface area contributed by atoms with Gasteiger partial charge in [-0.2, -0.15) is 0 Å². The smallest absolute Gasteiger partial charge is 0.246 e. The van der Waals surface area contributed by atoms with Crippen LogP contribution in [0.3, 0.4) is 0 Å². The SMILES string of the molecule is CC[C@H](C)C1NC(=O)[C@H](Cc2ccccc2)NC(=O)C2CCCN2C(=O)C(CC(C)C)NC(=O)C2CCCN2C(=O)C(Cc2ccc(O)cc2)NC(=O)C2CCCN2C1=O. The van der Waals surface area contributed by atoms with Crippen LogP contribution >= 0.6 is 0 Å². The molecule has 4 saturated heterocycles. The van der Waals surface area contributed by atoms with Crippen molar-refractivity contribution in [2.45, 2.75) is 134 Å². The van der Waals surface area contributed by atoms with Crippen LogP contribution in [0.25, 0.3) is 0 Å². The van der Waals surface area contributed by atoms with Crippen LogP contribution in [0.2, 0.25) is 0 Å². The zero-order valence-corrected chi connectivity index (χ0v) is 35.2. The number of benzene rings is 2. The molecule has 0 aliphatic carbocycles. The molecule has 2 aromatic carbocycles. The molecule has 0 spiro atoms. The molecule has 7 amide bonds. The zero-order valence-electron chi connectivity index (χ0n) is 35.2. The molecule has 60 heavy (non-hydrogen) atoms. The minimum Gasteiger partial charge on any atom is -0.508 e. The highest BCUT2D eigenvalue weighted by atomic mass is 16.3. The van der Waals surface area contributed by atoms with E-state index in [0.29, 0.717) is 50.5 Å². The van der Waals surface area contributed by atoms with E-state index < -0.39 is 83.6 Å². The molecule has 0 radical (unpaired) electrons. The second-order valence-electron chi connectivity index (χ2n) is 17.3. The zero-order chi connectivity index (χ0) is 43.1. The number of hydrogen-bond acceptors (Lipinski definition) is 8. The van der Waals surface area contributed by atoms with E-state index in [1.165, 1.54) is 26.8 Å². The summed E-state index contributed by atoms with van der Waals surface area (Å²) in [6, 6.07) is 8.53. The van der Waals surface area contributed by atoms with Gasteiger partial charge in [0.1, 0.15) is 48.0 Å². The van der Waals surface area contributed by atoms with E-state index in [4.69, 9.17) is 0 Å². The predicted octanol–water partition coefficient (Wildman–Crippen LogP) is 2.20. The quantitative estimate of drug-likeness (QED) is 0.267. The summed E-state index contributed by atoms with van der Waals surface area (Å²) in [4.78, 5) is 105. The molecule has 4 heterocycles. The molecule has 0 bridgehead atoms. The van der Waals surface area contributed by atoms with Crippen LogP contribution in [-0.2, 0) is 46.4 Å². The van der Waals surface area contributed by atoms with Gasteiger partial charge in [0.15, 0.2) is 0 Å². The van der Waals surface area contributed by atoms with Gasteiger partial charge in [-0.15, -0.1) is 0 Å². The Hall–Kier alpha value is -5.47. The molecule has 15 heteroatoms. The fraction of sp³-hybridized carbons (Fsp3) is 0.578. The number of hydrogen-bond donors (Lipinski definition) is 5. The van der Waals surface area contributed by atoms with Gasteiger partial charge < -0.3 is 41.1 Å². The first kappa shape index (κ1) is 44.1. The van der Waals surface area contributed by atoms with Gasteiger partial charge in [-0.3, -0.25) is 33.6 Å². The minimum absolute atomic E-state index is 0.00917. The lowest BCUT2D eigenvalue weighted by molar-refractivity contribution is -0.145. The molecule has 15 nitrogen and oxygen atoms in total. The number of nitrogens with one attached hydrogen (secondary N) is 4. The van der Waals surface area contributed by atoms with Crippen molar-refractivity contribution in [1.82, 2.24) is 36.0 Å². The van der Waals surface area contributed by atoms with Gasteiger partial charge in [-0.05, 0) is 80.0 Å². The van der Waals surface area contributed by atoms with Crippen molar-refractivity contribution in [3.63, 3.8) is 0 Å². The number of amides is 7. The molecular weight excluding hydrogens is 767 g/mol. The lowest BCUT2D eigenvalue weighted by Crippen LogP contribution is -2.60. The summed E-state index contributed by atoms with van der Waals surface area (Å²) in [5.74, 6) is -3.75. The average Bonchev–Trinajstić information content (AvgIpc) is 4.04. The van der Waals surface area contributed by atoms with Gasteiger partial charge in [0.25, 0.3) is 0 Å². The topological polar surface area (TPSA) is 198 Å². The van der Waals surface area contributed by atoms with E-state index in [0.717, 1.165) is 5.56 Å². The molecule has 4 fully saturated rings. The summed E-state index contributed by atoms with van der Waals surface area (Å²) >= 11 is 0. The van der Waals surface area contributed by atoms with E-state index >= 15 is 0 Å². The van der Waals surface area contributed by atoms with Crippen molar-refractivity contribution in [2.75, 3.05) is 19.6 Å². The second kappa shape index (κ2) is 19.7. The van der Waals surface area contributed by atoms with Crippen LogP contribution in [-0.4, -0.2) is 123 Å². The summed E-state index contributed by atoms with van der Waals surface area (Å²) in [5, 5.41) is 21.7. The van der Waals surface area contributed by atoms with Crippen molar-refractivity contribution in [3.05, 3.63) is 65.7 Å². The lowest BCUT2D eigenvalue weighted by Gasteiger charge is -2.33. The van der Waals surface area contributed by atoms with Gasteiger partial charge in [0, 0.05) is 32.5 Å². The Morgan fingerprint density at radius 3 is 1.53 bits per heavy atom. The molecule has 0 saturated carbocycles. The van der Waals surface area contributed by atoms with Crippen LogP contribution in [0.15, 0.2) is 54.6 Å². The Kier molecular flexibility index (Phi) is 14.5. The summed E-state index contributed by atoms with van der Waals surface area (Å²) < 4.78 is 0. The molecule has 0 aromatic heterocycles. The first-order valence-corrected chi connectivity index (χ1v) is 21.7.